The third-order valence-electron chi connectivity index (χ3n) is 3.40. The molecule has 0 atom stereocenters. The Bertz CT molecular complexity index is 1040. The molecule has 3 rings (SSSR count). The average Bonchev–Trinajstić information content (AvgIpc) is 2.96. The number of hydrogen-bond acceptors (Lipinski definition) is 6. The molecule has 4 nitrogen and oxygen atoms in total. The molecule has 1 N–H and O–H groups in total. The van der Waals surface area contributed by atoms with Crippen molar-refractivity contribution < 1.29 is 47.3 Å². The summed E-state index contributed by atoms with van der Waals surface area (Å²) in [5, 5.41) is 0. The molecule has 25 heavy (non-hydrogen) atoms. The van der Waals surface area contributed by atoms with Crippen molar-refractivity contribution in [1.29, 1.82) is 0 Å². The van der Waals surface area contributed by atoms with Crippen LogP contribution < -0.4 is 34.3 Å². The minimum Gasteiger partial charge on any atom is -0.495 e. The van der Waals surface area contributed by atoms with Gasteiger partial charge in [0.1, 0.15) is 14.5 Å². The van der Waals surface area contributed by atoms with Crippen LogP contribution in [0, 0.1) is 3.82 Å². The van der Waals surface area contributed by atoms with Crippen LogP contribution in [0.25, 0.3) is 21.6 Å². The van der Waals surface area contributed by atoms with E-state index in [1.54, 1.807) is 16.4 Å². The largest absolute Gasteiger partial charge is 1.00 e. The first kappa shape index (κ1) is 20.7. The van der Waals surface area contributed by atoms with E-state index in [0.29, 0.717) is 9.39 Å². The molecule has 0 aliphatic rings. The minimum absolute atomic E-state index is 0. The van der Waals surface area contributed by atoms with Crippen molar-refractivity contribution in [3.8, 4) is 27.3 Å². The van der Waals surface area contributed by atoms with Crippen LogP contribution in [0.3, 0.4) is 0 Å². The fourth-order valence-electron chi connectivity index (χ4n) is 2.32. The van der Waals surface area contributed by atoms with Gasteiger partial charge in [0.05, 0.1) is 12.0 Å². The summed E-state index contributed by atoms with van der Waals surface area (Å²) in [7, 11) is -0.0513. The molecular weight excluding hydrogens is 407 g/mol. The molecule has 124 valence electrons. The Morgan fingerprint density at radius 2 is 1.72 bits per heavy atom. The van der Waals surface area contributed by atoms with E-state index in [4.69, 9.17) is 17.0 Å². The molecular formula is C16H12NaO4S4+. The fourth-order valence-corrected chi connectivity index (χ4v) is 5.92. The van der Waals surface area contributed by atoms with Crippen molar-refractivity contribution in [3.63, 3.8) is 0 Å². The number of ether oxygens (including phenoxy) is 1. The molecule has 0 aliphatic heterocycles. The van der Waals surface area contributed by atoms with Crippen LogP contribution in [0.4, 0.5) is 0 Å². The molecule has 0 aliphatic carbocycles. The van der Waals surface area contributed by atoms with Crippen molar-refractivity contribution in [2.24, 2.45) is 0 Å². The Morgan fingerprint density at radius 3 is 2.32 bits per heavy atom. The second-order valence-electron chi connectivity index (χ2n) is 4.86. The van der Waals surface area contributed by atoms with Crippen molar-refractivity contribution in [2.45, 2.75) is 4.90 Å². The van der Waals surface area contributed by atoms with Gasteiger partial charge in [0.2, 0.25) is 0 Å². The normalized spacial score (nSPS) is 11.0. The van der Waals surface area contributed by atoms with Crippen LogP contribution in [0.5, 0.6) is 5.75 Å². The van der Waals surface area contributed by atoms with Gasteiger partial charge in [-0.05, 0) is 23.3 Å². The van der Waals surface area contributed by atoms with Gasteiger partial charge in [0.25, 0.3) is 10.1 Å². The van der Waals surface area contributed by atoms with E-state index < -0.39 is 10.1 Å². The number of rotatable bonds is 4. The Balaban J connectivity index is 0.00000225. The zero-order valence-corrected chi connectivity index (χ0v) is 18.7. The summed E-state index contributed by atoms with van der Waals surface area (Å²) in [5.74, 6) is 0.0901. The Morgan fingerprint density at radius 1 is 1.04 bits per heavy atom. The summed E-state index contributed by atoms with van der Waals surface area (Å²) in [5.41, 5.74) is 2.43. The number of benzene rings is 2. The fraction of sp³-hybridized carbons (Fsp3) is 0.0625. The Labute approximate surface area is 180 Å². The first-order valence-corrected chi connectivity index (χ1v) is 10.8. The maximum atomic E-state index is 11.6. The van der Waals surface area contributed by atoms with Gasteiger partial charge in [-0.15, -0.1) is 0 Å². The number of methoxy groups -OCH3 is 1. The van der Waals surface area contributed by atoms with E-state index in [0.717, 1.165) is 16.0 Å². The molecule has 0 fully saturated rings. The zero-order chi connectivity index (χ0) is 17.3. The van der Waals surface area contributed by atoms with Crippen LogP contribution in [-0.4, -0.2) is 20.1 Å². The standard InChI is InChI=1S/C16H12O4S4.Na/c1-20-12-8-7-11(9-13(12)24(17,18)19)14-15(22-23-16(14)21)10-5-3-2-4-6-10;/h2-9H,1H3,(H,17,18,19);/q;+1. The third-order valence-corrected chi connectivity index (χ3v) is 7.34. The van der Waals surface area contributed by atoms with Crippen LogP contribution >= 0.6 is 32.9 Å². The van der Waals surface area contributed by atoms with E-state index in [1.165, 1.54) is 29.6 Å². The smallest absolute Gasteiger partial charge is 0.495 e. The van der Waals surface area contributed by atoms with Gasteiger partial charge in [0.15, 0.2) is 0 Å². The van der Waals surface area contributed by atoms with Crippen molar-refractivity contribution in [2.75, 3.05) is 7.11 Å². The maximum Gasteiger partial charge on any atom is 1.00 e. The van der Waals surface area contributed by atoms with E-state index in [9.17, 15) is 13.0 Å². The molecule has 0 radical (unpaired) electrons. The first-order valence-electron chi connectivity index (χ1n) is 6.76. The van der Waals surface area contributed by atoms with E-state index in [2.05, 4.69) is 0 Å². The minimum atomic E-state index is -4.40. The van der Waals surface area contributed by atoms with Gasteiger partial charge in [-0.3, -0.25) is 4.55 Å². The second-order valence-corrected chi connectivity index (χ2v) is 9.07. The van der Waals surface area contributed by atoms with Crippen LogP contribution in [-0.2, 0) is 10.1 Å². The molecule has 0 amide bonds. The predicted molar refractivity (Wildman–Crippen MR) is 100 cm³/mol. The molecule has 0 saturated carbocycles. The van der Waals surface area contributed by atoms with Crippen LogP contribution in [0.2, 0.25) is 0 Å². The Hall–Kier alpha value is -0.580. The van der Waals surface area contributed by atoms with E-state index >= 15 is 0 Å². The topological polar surface area (TPSA) is 63.6 Å². The second kappa shape index (κ2) is 8.41. The summed E-state index contributed by atoms with van der Waals surface area (Å²) < 4.78 is 38.4. The molecule has 1 aromatic heterocycles. The van der Waals surface area contributed by atoms with Gasteiger partial charge in [-0.25, -0.2) is 0 Å². The summed E-state index contributed by atoms with van der Waals surface area (Å²) >= 11 is 5.44. The van der Waals surface area contributed by atoms with Crippen LogP contribution in [0.15, 0.2) is 53.4 Å². The predicted octanol–water partition coefficient (Wildman–Crippen LogP) is 2.13. The monoisotopic (exact) mass is 419 g/mol. The van der Waals surface area contributed by atoms with Crippen LogP contribution in [0.1, 0.15) is 0 Å². The summed E-state index contributed by atoms with van der Waals surface area (Å²) in [6, 6.07) is 14.4. The molecule has 0 unspecified atom stereocenters. The molecule has 9 heteroatoms. The van der Waals surface area contributed by atoms with Crippen molar-refractivity contribution >= 4 is 43.0 Å². The van der Waals surface area contributed by atoms with Crippen molar-refractivity contribution in [1.82, 2.24) is 0 Å². The van der Waals surface area contributed by atoms with Gasteiger partial charge in [0, 0.05) is 5.56 Å². The van der Waals surface area contributed by atoms with Gasteiger partial charge in [-0.1, -0.05) is 69.3 Å². The SMILES string of the molecule is COc1ccc(-c2c(-c3ccccc3)ssc2=S)cc1S(=O)(=O)O.[Na+]. The van der Waals surface area contributed by atoms with E-state index in [1.807, 2.05) is 30.3 Å². The molecule has 1 heterocycles. The van der Waals surface area contributed by atoms with E-state index in [-0.39, 0.29) is 40.2 Å². The molecule has 0 bridgehead atoms. The van der Waals surface area contributed by atoms with Crippen molar-refractivity contribution in [3.05, 3.63) is 52.4 Å². The third kappa shape index (κ3) is 4.40. The average molecular weight is 420 g/mol. The van der Waals surface area contributed by atoms with Gasteiger partial charge in [-0.2, -0.15) is 8.42 Å². The molecule has 2 aromatic carbocycles. The maximum absolute atomic E-state index is 11.6. The quantitative estimate of drug-likeness (QED) is 0.304. The molecule has 3 aromatic rings. The molecule has 0 saturated heterocycles. The Kier molecular flexibility index (Phi) is 6.97. The summed E-state index contributed by atoms with van der Waals surface area (Å²) in [6.45, 7) is 0. The summed E-state index contributed by atoms with van der Waals surface area (Å²) in [4.78, 5) is 0.698. The number of hydrogen-bond donors (Lipinski definition) is 1. The first-order chi connectivity index (χ1) is 11.4. The zero-order valence-electron chi connectivity index (χ0n) is 13.4. The summed E-state index contributed by atoms with van der Waals surface area (Å²) in [6.07, 6.45) is 0. The molecule has 0 spiro atoms. The van der Waals surface area contributed by atoms with Gasteiger partial charge < -0.3 is 4.74 Å². The van der Waals surface area contributed by atoms with Gasteiger partial charge >= 0.3 is 29.6 Å².